The Hall–Kier alpha value is -2.87. The van der Waals surface area contributed by atoms with Crippen LogP contribution in [0, 0.1) is 0 Å². The summed E-state index contributed by atoms with van der Waals surface area (Å²) in [6.07, 6.45) is 2.57. The molecule has 0 aliphatic carbocycles. The molecule has 2 aromatic rings. The molecule has 0 radical (unpaired) electrons. The Labute approximate surface area is 153 Å². The summed E-state index contributed by atoms with van der Waals surface area (Å²) in [6, 6.07) is 1.44. The second-order valence-electron chi connectivity index (χ2n) is 5.92. The maximum atomic E-state index is 12.4. The minimum Gasteiger partial charge on any atom is -0.477 e. The van der Waals surface area contributed by atoms with Gasteiger partial charge in [0.25, 0.3) is 0 Å². The van der Waals surface area contributed by atoms with Crippen LogP contribution in [-0.4, -0.2) is 57.6 Å². The first kappa shape index (κ1) is 17.9. The highest BCUT2D eigenvalue weighted by Crippen LogP contribution is 2.28. The van der Waals surface area contributed by atoms with Gasteiger partial charge in [0.1, 0.15) is 17.0 Å². The van der Waals surface area contributed by atoms with Crippen LogP contribution in [0.5, 0.6) is 0 Å². The minimum atomic E-state index is -1.33. The highest BCUT2D eigenvalue weighted by molar-refractivity contribution is 6.33. The fourth-order valence-corrected chi connectivity index (χ4v) is 3.25. The van der Waals surface area contributed by atoms with Gasteiger partial charge in [-0.05, 0) is 6.07 Å². The van der Waals surface area contributed by atoms with Crippen molar-refractivity contribution in [2.45, 2.75) is 6.92 Å². The summed E-state index contributed by atoms with van der Waals surface area (Å²) in [5, 5.41) is 9.57. The first-order valence-electron chi connectivity index (χ1n) is 7.95. The summed E-state index contributed by atoms with van der Waals surface area (Å²) >= 11 is 6.33. The van der Waals surface area contributed by atoms with Gasteiger partial charge in [0.15, 0.2) is 0 Å². The van der Waals surface area contributed by atoms with E-state index in [1.54, 1.807) is 4.90 Å². The fourth-order valence-electron chi connectivity index (χ4n) is 2.98. The maximum absolute atomic E-state index is 12.4. The molecule has 0 bridgehead atoms. The number of hydrogen-bond acceptors (Lipinski definition) is 5. The first-order valence-corrected chi connectivity index (χ1v) is 8.33. The van der Waals surface area contributed by atoms with E-state index in [1.165, 1.54) is 30.0 Å². The lowest BCUT2D eigenvalue weighted by Crippen LogP contribution is -2.48. The molecule has 1 N–H and O–H groups in total. The van der Waals surface area contributed by atoms with Crippen molar-refractivity contribution in [2.75, 3.05) is 31.1 Å². The standard InChI is InChI=1S/C17H17ClN4O4/c1-3-20-9-12(17(25)26)14(24)11-8-13(18)16(19-15(11)20)22-6-4-21(5-7-22)10(2)23/h3,8-9H,1,4-7H2,2H3,(H,25,26). The zero-order valence-corrected chi connectivity index (χ0v) is 14.9. The molecule has 1 amide bonds. The quantitative estimate of drug-likeness (QED) is 0.872. The second-order valence-corrected chi connectivity index (χ2v) is 6.33. The summed E-state index contributed by atoms with van der Waals surface area (Å²) < 4.78 is 1.39. The van der Waals surface area contributed by atoms with E-state index in [0.29, 0.717) is 32.0 Å². The van der Waals surface area contributed by atoms with E-state index in [2.05, 4.69) is 11.6 Å². The number of hydrogen-bond donors (Lipinski definition) is 1. The van der Waals surface area contributed by atoms with Gasteiger partial charge in [0, 0.05) is 45.5 Å². The van der Waals surface area contributed by atoms with Crippen LogP contribution in [0.1, 0.15) is 17.3 Å². The van der Waals surface area contributed by atoms with Gasteiger partial charge in [-0.3, -0.25) is 9.59 Å². The lowest BCUT2D eigenvalue weighted by Gasteiger charge is -2.35. The van der Waals surface area contributed by atoms with Gasteiger partial charge in [-0.1, -0.05) is 18.2 Å². The highest BCUT2D eigenvalue weighted by Gasteiger charge is 2.23. The second kappa shape index (κ2) is 6.80. The van der Waals surface area contributed by atoms with Crippen LogP contribution < -0.4 is 10.3 Å². The molecular weight excluding hydrogens is 360 g/mol. The number of pyridine rings is 2. The van der Waals surface area contributed by atoms with Crippen molar-refractivity contribution in [3.05, 3.63) is 39.7 Å². The third kappa shape index (κ3) is 3.03. The summed E-state index contributed by atoms with van der Waals surface area (Å²) in [4.78, 5) is 43.3. The Balaban J connectivity index is 2.10. The van der Waals surface area contributed by atoms with Crippen LogP contribution in [0.4, 0.5) is 5.82 Å². The van der Waals surface area contributed by atoms with Gasteiger partial charge in [0.2, 0.25) is 11.3 Å². The summed E-state index contributed by atoms with van der Waals surface area (Å²) in [7, 11) is 0. The van der Waals surface area contributed by atoms with Crippen molar-refractivity contribution in [1.82, 2.24) is 14.5 Å². The number of carbonyl (C=O) groups is 2. The van der Waals surface area contributed by atoms with Gasteiger partial charge in [-0.2, -0.15) is 0 Å². The average Bonchev–Trinajstić information content (AvgIpc) is 2.62. The number of amides is 1. The number of piperazine rings is 1. The molecule has 3 rings (SSSR count). The Morgan fingerprint density at radius 3 is 2.50 bits per heavy atom. The molecule has 0 aromatic carbocycles. The lowest BCUT2D eigenvalue weighted by atomic mass is 10.2. The Morgan fingerprint density at radius 2 is 1.96 bits per heavy atom. The van der Waals surface area contributed by atoms with Gasteiger partial charge >= 0.3 is 5.97 Å². The lowest BCUT2D eigenvalue weighted by molar-refractivity contribution is -0.129. The third-order valence-electron chi connectivity index (χ3n) is 4.39. The van der Waals surface area contributed by atoms with E-state index in [-0.39, 0.29) is 27.5 Å². The van der Waals surface area contributed by atoms with E-state index >= 15 is 0 Å². The molecule has 1 fully saturated rings. The van der Waals surface area contributed by atoms with E-state index < -0.39 is 11.4 Å². The van der Waals surface area contributed by atoms with Crippen LogP contribution in [0.3, 0.4) is 0 Å². The van der Waals surface area contributed by atoms with Gasteiger partial charge in [-0.15, -0.1) is 0 Å². The third-order valence-corrected chi connectivity index (χ3v) is 4.67. The van der Waals surface area contributed by atoms with Crippen molar-refractivity contribution in [3.8, 4) is 0 Å². The number of rotatable bonds is 3. The summed E-state index contributed by atoms with van der Waals surface area (Å²) in [5.41, 5.74) is -0.741. The average molecular weight is 377 g/mol. The van der Waals surface area contributed by atoms with Crippen LogP contribution >= 0.6 is 11.6 Å². The van der Waals surface area contributed by atoms with Crippen LogP contribution in [0.25, 0.3) is 17.2 Å². The number of carboxylic acids is 1. The molecule has 2 aromatic heterocycles. The topological polar surface area (TPSA) is 95.7 Å². The number of carboxylic acid groups (broad SMARTS) is 1. The van der Waals surface area contributed by atoms with Crippen molar-refractivity contribution in [1.29, 1.82) is 0 Å². The molecule has 0 unspecified atom stereocenters. The molecule has 1 saturated heterocycles. The molecule has 0 saturated carbocycles. The van der Waals surface area contributed by atoms with Crippen molar-refractivity contribution >= 4 is 46.5 Å². The Kier molecular flexibility index (Phi) is 4.69. The fraction of sp³-hybridized carbons (Fsp3) is 0.294. The van der Waals surface area contributed by atoms with E-state index in [9.17, 15) is 19.5 Å². The van der Waals surface area contributed by atoms with Crippen molar-refractivity contribution in [3.63, 3.8) is 0 Å². The monoisotopic (exact) mass is 376 g/mol. The van der Waals surface area contributed by atoms with E-state index in [4.69, 9.17) is 11.6 Å². The maximum Gasteiger partial charge on any atom is 0.341 e. The number of aromatic carboxylic acids is 1. The van der Waals surface area contributed by atoms with E-state index in [1.807, 2.05) is 4.90 Å². The molecule has 0 atom stereocenters. The molecule has 1 aliphatic rings. The SMILES string of the molecule is C=Cn1cc(C(=O)O)c(=O)c2cc(Cl)c(N3CCN(C(C)=O)CC3)nc21. The predicted molar refractivity (Wildman–Crippen MR) is 98.8 cm³/mol. The van der Waals surface area contributed by atoms with Crippen LogP contribution in [0.15, 0.2) is 23.6 Å². The molecule has 1 aliphatic heterocycles. The smallest absolute Gasteiger partial charge is 0.341 e. The number of fused-ring (bicyclic) bond motifs is 1. The Bertz CT molecular complexity index is 977. The van der Waals surface area contributed by atoms with E-state index in [0.717, 1.165) is 0 Å². The largest absolute Gasteiger partial charge is 0.477 e. The molecule has 8 nitrogen and oxygen atoms in total. The summed E-state index contributed by atoms with van der Waals surface area (Å²) in [6.45, 7) is 7.39. The number of carbonyl (C=O) groups excluding carboxylic acids is 1. The molecule has 0 spiro atoms. The van der Waals surface area contributed by atoms with Gasteiger partial charge in [-0.25, -0.2) is 9.78 Å². The highest BCUT2D eigenvalue weighted by atomic mass is 35.5. The predicted octanol–water partition coefficient (Wildman–Crippen LogP) is 1.52. The van der Waals surface area contributed by atoms with Crippen molar-refractivity contribution in [2.24, 2.45) is 0 Å². The summed E-state index contributed by atoms with van der Waals surface area (Å²) in [5.74, 6) is -0.822. The number of nitrogens with zero attached hydrogens (tertiary/aromatic N) is 4. The molecule has 3 heterocycles. The van der Waals surface area contributed by atoms with Crippen LogP contribution in [0.2, 0.25) is 5.02 Å². The Morgan fingerprint density at radius 1 is 1.31 bits per heavy atom. The van der Waals surface area contributed by atoms with Gasteiger partial charge < -0.3 is 19.5 Å². The molecule has 26 heavy (non-hydrogen) atoms. The number of anilines is 1. The zero-order chi connectivity index (χ0) is 19.0. The molecule has 136 valence electrons. The first-order chi connectivity index (χ1) is 12.3. The number of halogens is 1. The van der Waals surface area contributed by atoms with Crippen LogP contribution in [-0.2, 0) is 4.79 Å². The normalized spacial score (nSPS) is 14.5. The molecule has 9 heteroatoms. The zero-order valence-electron chi connectivity index (χ0n) is 14.1. The van der Waals surface area contributed by atoms with Crippen molar-refractivity contribution < 1.29 is 14.7 Å². The van der Waals surface area contributed by atoms with Gasteiger partial charge in [0.05, 0.1) is 10.4 Å². The number of aromatic nitrogens is 2. The molecular formula is C17H17ClN4O4. The minimum absolute atomic E-state index is 0.0175.